The summed E-state index contributed by atoms with van der Waals surface area (Å²) in [6.07, 6.45) is -0.992. The molecule has 1 aromatic heterocycles. The monoisotopic (exact) mass is 548 g/mol. The molecule has 0 spiro atoms. The van der Waals surface area contributed by atoms with E-state index >= 15 is 0 Å². The minimum atomic E-state index is -3.86. The zero-order chi connectivity index (χ0) is 28.3. The number of hydrogen-bond acceptors (Lipinski definition) is 5. The number of carboxylic acid groups (broad SMARTS) is 1. The van der Waals surface area contributed by atoms with Crippen molar-refractivity contribution in [3.63, 3.8) is 0 Å². The van der Waals surface area contributed by atoms with Crippen LogP contribution < -0.4 is 4.90 Å². The quantitative estimate of drug-likeness (QED) is 0.316. The number of aryl methyl sites for hydroxylation is 1. The molecular weight excluding hydrogens is 521 g/mol. The molecule has 0 aliphatic carbocycles. The third-order valence-corrected chi connectivity index (χ3v) is 7.01. The largest absolute Gasteiger partial charge is 0.477 e. The lowest BCUT2D eigenvalue weighted by Gasteiger charge is -2.36. The Morgan fingerprint density at radius 1 is 0.875 bits per heavy atom. The molecule has 1 aliphatic heterocycles. The van der Waals surface area contributed by atoms with Crippen LogP contribution in [0.2, 0.25) is 0 Å². The molecule has 0 radical (unpaired) electrons. The Labute approximate surface area is 228 Å². The maximum Gasteiger partial charge on any atom is 0.374 e. The average Bonchev–Trinajstić information content (AvgIpc) is 2.97. The summed E-state index contributed by atoms with van der Waals surface area (Å²) in [5, 5.41) is 8.75. The average molecular weight is 549 g/mol. The van der Waals surface area contributed by atoms with E-state index < -0.39 is 24.1 Å². The number of fused-ring (bicyclic) bond motifs is 1. The lowest BCUT2D eigenvalue weighted by Crippen LogP contribution is -2.48. The third-order valence-electron chi connectivity index (χ3n) is 7.01. The highest BCUT2D eigenvalue weighted by Crippen LogP contribution is 2.28. The lowest BCUT2D eigenvalue weighted by atomic mass is 10.0. The number of carbonyl (C=O) groups excluding carboxylic acids is 1. The van der Waals surface area contributed by atoms with Crippen molar-refractivity contribution < 1.29 is 27.9 Å². The fourth-order valence-corrected chi connectivity index (χ4v) is 4.81. The highest BCUT2D eigenvalue weighted by atomic mass is 19.3. The van der Waals surface area contributed by atoms with Gasteiger partial charge in [0, 0.05) is 49.4 Å². The molecule has 1 aliphatic rings. The molecule has 1 N–H and O–H groups in total. The first-order chi connectivity index (χ1) is 19.2. The summed E-state index contributed by atoms with van der Waals surface area (Å²) < 4.78 is 40.9. The van der Waals surface area contributed by atoms with Gasteiger partial charge in [0.2, 0.25) is 0 Å². The number of carboxylic acids is 1. The van der Waals surface area contributed by atoms with Gasteiger partial charge in [0.1, 0.15) is 5.82 Å². The molecule has 1 fully saturated rings. The summed E-state index contributed by atoms with van der Waals surface area (Å²) in [5.74, 6) is -6.61. The van der Waals surface area contributed by atoms with Gasteiger partial charge in [-0.25, -0.2) is 19.2 Å². The van der Waals surface area contributed by atoms with Crippen molar-refractivity contribution in [1.82, 2.24) is 14.9 Å². The molecule has 1 saturated heterocycles. The van der Waals surface area contributed by atoms with E-state index in [-0.39, 0.29) is 18.7 Å². The molecule has 4 aromatic rings. The maximum atomic E-state index is 13.7. The van der Waals surface area contributed by atoms with E-state index in [0.717, 1.165) is 5.69 Å². The predicted octanol–water partition coefficient (Wildman–Crippen LogP) is 5.44. The van der Waals surface area contributed by atoms with Gasteiger partial charge in [-0.15, -0.1) is 0 Å². The van der Waals surface area contributed by atoms with Crippen LogP contribution >= 0.6 is 0 Å². The van der Waals surface area contributed by atoms with Gasteiger partial charge in [0.15, 0.2) is 0 Å². The van der Waals surface area contributed by atoms with Crippen molar-refractivity contribution in [3.05, 3.63) is 89.9 Å². The zero-order valence-electron chi connectivity index (χ0n) is 21.6. The summed E-state index contributed by atoms with van der Waals surface area (Å²) in [6.45, 7) is 2.53. The van der Waals surface area contributed by atoms with E-state index in [1.807, 2.05) is 30.3 Å². The van der Waals surface area contributed by atoms with Gasteiger partial charge in [-0.2, -0.15) is 8.78 Å². The SMILES string of the molecule is O=C(c1ccc2nc(-c3ccc(F)cc3)c(CCCC(F)(F)C(=O)O)nc2c1)N1CCN(c2ccccc2)CC1. The van der Waals surface area contributed by atoms with Gasteiger partial charge in [-0.1, -0.05) is 18.2 Å². The van der Waals surface area contributed by atoms with Crippen LogP contribution in [-0.2, 0) is 11.2 Å². The molecule has 2 heterocycles. The molecular formula is C30H27F3N4O3. The van der Waals surface area contributed by atoms with Crippen molar-refractivity contribution in [2.45, 2.75) is 25.2 Å². The second-order valence-corrected chi connectivity index (χ2v) is 9.71. The first-order valence-electron chi connectivity index (χ1n) is 13.0. The topological polar surface area (TPSA) is 86.6 Å². The van der Waals surface area contributed by atoms with Gasteiger partial charge in [-0.05, 0) is 67.4 Å². The summed E-state index contributed by atoms with van der Waals surface area (Å²) in [5.41, 5.74) is 3.76. The van der Waals surface area contributed by atoms with E-state index in [2.05, 4.69) is 14.9 Å². The van der Waals surface area contributed by atoms with Gasteiger partial charge in [-0.3, -0.25) is 4.79 Å². The van der Waals surface area contributed by atoms with Gasteiger partial charge < -0.3 is 14.9 Å². The van der Waals surface area contributed by atoms with Crippen LogP contribution in [0.4, 0.5) is 18.9 Å². The first-order valence-corrected chi connectivity index (χ1v) is 13.0. The number of para-hydroxylation sites is 1. The number of amides is 1. The minimum Gasteiger partial charge on any atom is -0.477 e. The number of halogens is 3. The number of rotatable bonds is 8. The molecule has 206 valence electrons. The van der Waals surface area contributed by atoms with Crippen LogP contribution in [0.25, 0.3) is 22.3 Å². The van der Waals surface area contributed by atoms with Crippen LogP contribution in [0, 0.1) is 5.82 Å². The highest BCUT2D eigenvalue weighted by molar-refractivity contribution is 5.97. The number of benzene rings is 3. The molecule has 7 nitrogen and oxygen atoms in total. The Morgan fingerprint density at radius 3 is 2.25 bits per heavy atom. The minimum absolute atomic E-state index is 0.0259. The summed E-state index contributed by atoms with van der Waals surface area (Å²) in [4.78, 5) is 37.5. The molecule has 3 aromatic carbocycles. The predicted molar refractivity (Wildman–Crippen MR) is 145 cm³/mol. The fraction of sp³-hybridized carbons (Fsp3) is 0.267. The summed E-state index contributed by atoms with van der Waals surface area (Å²) in [7, 11) is 0. The fourth-order valence-electron chi connectivity index (χ4n) is 4.81. The Bertz CT molecular complexity index is 1520. The third kappa shape index (κ3) is 5.90. The summed E-state index contributed by atoms with van der Waals surface area (Å²) in [6, 6.07) is 20.6. The molecule has 0 bridgehead atoms. The molecule has 5 rings (SSSR count). The van der Waals surface area contributed by atoms with E-state index in [4.69, 9.17) is 5.11 Å². The van der Waals surface area contributed by atoms with Crippen molar-refractivity contribution in [3.8, 4) is 11.3 Å². The van der Waals surface area contributed by atoms with E-state index in [1.165, 1.54) is 24.3 Å². The number of hydrogen-bond donors (Lipinski definition) is 1. The van der Waals surface area contributed by atoms with Crippen LogP contribution in [0.1, 0.15) is 28.9 Å². The van der Waals surface area contributed by atoms with Gasteiger partial charge in [0.25, 0.3) is 5.91 Å². The normalized spacial score (nSPS) is 14.0. The van der Waals surface area contributed by atoms with E-state index in [1.54, 1.807) is 23.1 Å². The lowest BCUT2D eigenvalue weighted by molar-refractivity contribution is -0.165. The van der Waals surface area contributed by atoms with Crippen molar-refractivity contribution in [1.29, 1.82) is 0 Å². The van der Waals surface area contributed by atoms with Crippen molar-refractivity contribution in [2.24, 2.45) is 0 Å². The van der Waals surface area contributed by atoms with E-state index in [9.17, 15) is 22.8 Å². The number of piperazine rings is 1. The molecule has 0 unspecified atom stereocenters. The number of aromatic nitrogens is 2. The van der Waals surface area contributed by atoms with Crippen molar-refractivity contribution >= 4 is 28.6 Å². The Morgan fingerprint density at radius 2 is 1.57 bits per heavy atom. The summed E-state index contributed by atoms with van der Waals surface area (Å²) >= 11 is 0. The van der Waals surface area contributed by atoms with Crippen molar-refractivity contribution in [2.75, 3.05) is 31.1 Å². The number of carbonyl (C=O) groups is 2. The highest BCUT2D eigenvalue weighted by Gasteiger charge is 2.38. The van der Waals surface area contributed by atoms with Gasteiger partial charge in [0.05, 0.1) is 22.4 Å². The molecule has 10 heteroatoms. The van der Waals surface area contributed by atoms with E-state index in [0.29, 0.717) is 59.7 Å². The number of alkyl halides is 2. The molecule has 0 atom stereocenters. The zero-order valence-corrected chi connectivity index (χ0v) is 21.6. The van der Waals surface area contributed by atoms with Gasteiger partial charge >= 0.3 is 11.9 Å². The number of nitrogens with zero attached hydrogens (tertiary/aromatic N) is 4. The molecule has 1 amide bonds. The Balaban J connectivity index is 1.39. The van der Waals surface area contributed by atoms with Crippen LogP contribution in [0.15, 0.2) is 72.8 Å². The smallest absolute Gasteiger partial charge is 0.374 e. The molecule has 40 heavy (non-hydrogen) atoms. The standard InChI is InChI=1S/C30H27F3N4O3/c31-22-11-8-20(9-12-22)27-25(7-4-14-30(32,33)29(39)40)34-26-19-21(10-13-24(26)35-27)28(38)37-17-15-36(16-18-37)23-5-2-1-3-6-23/h1-3,5-6,8-13,19H,4,7,14-18H2,(H,39,40). The van der Waals surface area contributed by atoms with Crippen LogP contribution in [0.5, 0.6) is 0 Å². The second kappa shape index (κ2) is 11.3. The first kappa shape index (κ1) is 27.1. The Kier molecular flexibility index (Phi) is 7.68. The second-order valence-electron chi connectivity index (χ2n) is 9.71. The molecule has 0 saturated carbocycles. The number of anilines is 1. The van der Waals surface area contributed by atoms with Crippen LogP contribution in [-0.4, -0.2) is 64.0 Å². The maximum absolute atomic E-state index is 13.7. The number of aliphatic carboxylic acids is 1. The Hall–Kier alpha value is -4.47. The van der Waals surface area contributed by atoms with Crippen LogP contribution in [0.3, 0.4) is 0 Å².